The second kappa shape index (κ2) is 7.35. The normalized spacial score (nSPS) is 12.2. The largest absolute Gasteiger partial charge is 0.454 e. The Morgan fingerprint density at radius 1 is 1.15 bits per heavy atom. The van der Waals surface area contributed by atoms with Crippen LogP contribution in [0.25, 0.3) is 0 Å². The lowest BCUT2D eigenvalue weighted by Gasteiger charge is -2.02. The number of anilines is 2. The summed E-state index contributed by atoms with van der Waals surface area (Å²) in [5.74, 6) is 1.58. The summed E-state index contributed by atoms with van der Waals surface area (Å²) in [5.41, 5.74) is 2.76. The zero-order valence-corrected chi connectivity index (χ0v) is 15.5. The third-order valence-electron chi connectivity index (χ3n) is 3.73. The number of carbonyl (C=O) groups excluding carboxylic acids is 1. The summed E-state index contributed by atoms with van der Waals surface area (Å²) in [6, 6.07) is 13.3. The number of ether oxygens (including phenoxy) is 2. The fraction of sp³-hybridized carbons (Fsp3) is 0.167. The van der Waals surface area contributed by atoms with Gasteiger partial charge >= 0.3 is 0 Å². The fourth-order valence-electron chi connectivity index (χ4n) is 2.36. The minimum atomic E-state index is 0.0107. The molecule has 3 aromatic rings. The number of aryl methyl sites for hydroxylation is 1. The quantitative estimate of drug-likeness (QED) is 0.501. The van der Waals surface area contributed by atoms with Gasteiger partial charge in [0.2, 0.25) is 11.9 Å². The standard InChI is InChI=1S/C18H15N3O3S2/c1-11-2-5-13(6-3-11)19-17-20-21-18(26-17)25-9-14(22)12-4-7-15-16(8-12)24-10-23-15/h2-8H,9-10H2,1H3,(H,19,20). The summed E-state index contributed by atoms with van der Waals surface area (Å²) in [4.78, 5) is 12.4. The number of thioether (sulfide) groups is 1. The highest BCUT2D eigenvalue weighted by molar-refractivity contribution is 8.01. The molecule has 0 atom stereocenters. The molecule has 0 aliphatic carbocycles. The van der Waals surface area contributed by atoms with E-state index in [-0.39, 0.29) is 12.6 Å². The van der Waals surface area contributed by atoms with Crippen molar-refractivity contribution in [2.75, 3.05) is 17.9 Å². The molecular formula is C18H15N3O3S2. The summed E-state index contributed by atoms with van der Waals surface area (Å²) >= 11 is 2.80. The molecule has 1 aliphatic rings. The lowest BCUT2D eigenvalue weighted by molar-refractivity contribution is 0.102. The van der Waals surface area contributed by atoms with Crippen LogP contribution in [0.15, 0.2) is 46.8 Å². The number of nitrogens with zero attached hydrogens (tertiary/aromatic N) is 2. The third-order valence-corrected chi connectivity index (χ3v) is 5.70. The van der Waals surface area contributed by atoms with E-state index >= 15 is 0 Å². The van der Waals surface area contributed by atoms with E-state index in [2.05, 4.69) is 15.5 Å². The van der Waals surface area contributed by atoms with E-state index in [1.165, 1.54) is 28.7 Å². The van der Waals surface area contributed by atoms with Crippen LogP contribution in [0.2, 0.25) is 0 Å². The first-order valence-electron chi connectivity index (χ1n) is 7.90. The monoisotopic (exact) mass is 385 g/mol. The van der Waals surface area contributed by atoms with Gasteiger partial charge in [-0.05, 0) is 37.3 Å². The molecule has 0 amide bonds. The van der Waals surface area contributed by atoms with E-state index in [4.69, 9.17) is 9.47 Å². The molecule has 4 rings (SSSR count). The van der Waals surface area contributed by atoms with Crippen molar-refractivity contribution in [3.8, 4) is 11.5 Å². The molecule has 1 aromatic heterocycles. The molecule has 6 nitrogen and oxygen atoms in total. The van der Waals surface area contributed by atoms with E-state index in [1.54, 1.807) is 18.2 Å². The fourth-order valence-corrected chi connectivity index (χ4v) is 4.03. The highest BCUT2D eigenvalue weighted by atomic mass is 32.2. The summed E-state index contributed by atoms with van der Waals surface area (Å²) in [6.07, 6.45) is 0. The van der Waals surface area contributed by atoms with Gasteiger partial charge in [-0.15, -0.1) is 10.2 Å². The number of rotatable bonds is 6. The predicted molar refractivity (Wildman–Crippen MR) is 102 cm³/mol. The van der Waals surface area contributed by atoms with Crippen LogP contribution in [0.5, 0.6) is 11.5 Å². The molecule has 1 aliphatic heterocycles. The number of ketones is 1. The van der Waals surface area contributed by atoms with Gasteiger partial charge in [0.05, 0.1) is 5.75 Å². The number of fused-ring (bicyclic) bond motifs is 1. The molecule has 0 spiro atoms. The number of aromatic nitrogens is 2. The SMILES string of the molecule is Cc1ccc(Nc2nnc(SCC(=O)c3ccc4c(c3)OCO4)s2)cc1. The lowest BCUT2D eigenvalue weighted by Crippen LogP contribution is -2.02. The van der Waals surface area contributed by atoms with Crippen molar-refractivity contribution in [3.63, 3.8) is 0 Å². The first-order valence-corrected chi connectivity index (χ1v) is 9.70. The summed E-state index contributed by atoms with van der Waals surface area (Å²) in [7, 11) is 0. The zero-order valence-electron chi connectivity index (χ0n) is 13.9. The molecule has 0 bridgehead atoms. The van der Waals surface area contributed by atoms with Crippen molar-refractivity contribution < 1.29 is 14.3 Å². The number of nitrogens with one attached hydrogen (secondary N) is 1. The number of benzene rings is 2. The Labute approximate surface area is 158 Å². The van der Waals surface area contributed by atoms with E-state index in [9.17, 15) is 4.79 Å². The molecule has 0 unspecified atom stereocenters. The van der Waals surface area contributed by atoms with Crippen LogP contribution in [0.1, 0.15) is 15.9 Å². The van der Waals surface area contributed by atoms with Crippen LogP contribution in [-0.2, 0) is 0 Å². The van der Waals surface area contributed by atoms with Gasteiger partial charge in [0.1, 0.15) is 0 Å². The topological polar surface area (TPSA) is 73.3 Å². The van der Waals surface area contributed by atoms with Crippen molar-refractivity contribution in [1.82, 2.24) is 10.2 Å². The molecule has 8 heteroatoms. The summed E-state index contributed by atoms with van der Waals surface area (Å²) < 4.78 is 11.3. The smallest absolute Gasteiger partial charge is 0.231 e. The predicted octanol–water partition coefficient (Wildman–Crippen LogP) is 4.29. The van der Waals surface area contributed by atoms with Gasteiger partial charge < -0.3 is 14.8 Å². The lowest BCUT2D eigenvalue weighted by atomic mass is 10.1. The molecule has 0 fully saturated rings. The minimum absolute atomic E-state index is 0.0107. The second-order valence-corrected chi connectivity index (χ2v) is 7.84. The maximum absolute atomic E-state index is 12.4. The van der Waals surface area contributed by atoms with Crippen LogP contribution in [0, 0.1) is 6.92 Å². The van der Waals surface area contributed by atoms with Crippen LogP contribution in [0.3, 0.4) is 0 Å². The van der Waals surface area contributed by atoms with Crippen LogP contribution < -0.4 is 14.8 Å². The third kappa shape index (κ3) is 3.81. The Hall–Kier alpha value is -2.58. The molecule has 132 valence electrons. The maximum atomic E-state index is 12.4. The van der Waals surface area contributed by atoms with Gasteiger partial charge in [-0.2, -0.15) is 0 Å². The Bertz CT molecular complexity index is 941. The molecule has 0 saturated carbocycles. The summed E-state index contributed by atoms with van der Waals surface area (Å²) in [6.45, 7) is 2.24. The Morgan fingerprint density at radius 2 is 1.96 bits per heavy atom. The van der Waals surface area contributed by atoms with Crippen molar-refractivity contribution in [2.24, 2.45) is 0 Å². The van der Waals surface area contributed by atoms with E-state index in [0.717, 1.165) is 10.0 Å². The van der Waals surface area contributed by atoms with Gasteiger partial charge in [0.25, 0.3) is 0 Å². The molecule has 1 N–H and O–H groups in total. The number of hydrogen-bond donors (Lipinski definition) is 1. The van der Waals surface area contributed by atoms with Gasteiger partial charge in [-0.1, -0.05) is 40.8 Å². The number of Topliss-reactive ketones (excluding diaryl/α,β-unsaturated/α-hetero) is 1. The highest BCUT2D eigenvalue weighted by Crippen LogP contribution is 2.33. The van der Waals surface area contributed by atoms with Crippen LogP contribution in [0.4, 0.5) is 10.8 Å². The molecule has 2 heterocycles. The zero-order chi connectivity index (χ0) is 17.9. The van der Waals surface area contributed by atoms with Crippen molar-refractivity contribution in [1.29, 1.82) is 0 Å². The van der Waals surface area contributed by atoms with Gasteiger partial charge in [-0.25, -0.2) is 0 Å². The minimum Gasteiger partial charge on any atom is -0.454 e. The Kier molecular flexibility index (Phi) is 4.77. The Balaban J connectivity index is 1.35. The molecule has 0 saturated heterocycles. The maximum Gasteiger partial charge on any atom is 0.231 e. The molecule has 2 aromatic carbocycles. The van der Waals surface area contributed by atoms with E-state index in [1.807, 2.05) is 31.2 Å². The molecular weight excluding hydrogens is 370 g/mol. The first-order chi connectivity index (χ1) is 12.7. The van der Waals surface area contributed by atoms with Crippen molar-refractivity contribution in [3.05, 3.63) is 53.6 Å². The van der Waals surface area contributed by atoms with Crippen LogP contribution in [-0.4, -0.2) is 28.5 Å². The summed E-state index contributed by atoms with van der Waals surface area (Å²) in [5, 5.41) is 12.2. The van der Waals surface area contributed by atoms with Gasteiger partial charge in [0.15, 0.2) is 21.6 Å². The molecule has 26 heavy (non-hydrogen) atoms. The Morgan fingerprint density at radius 3 is 2.81 bits per heavy atom. The first kappa shape index (κ1) is 16.9. The average Bonchev–Trinajstić information content (AvgIpc) is 3.30. The second-order valence-electron chi connectivity index (χ2n) is 5.64. The number of hydrogen-bond acceptors (Lipinski definition) is 8. The van der Waals surface area contributed by atoms with E-state index < -0.39 is 0 Å². The van der Waals surface area contributed by atoms with E-state index in [0.29, 0.717) is 27.9 Å². The van der Waals surface area contributed by atoms with Crippen molar-refractivity contribution in [2.45, 2.75) is 11.3 Å². The number of carbonyl (C=O) groups is 1. The highest BCUT2D eigenvalue weighted by Gasteiger charge is 2.17. The van der Waals surface area contributed by atoms with Crippen molar-refractivity contribution >= 4 is 39.7 Å². The molecule has 0 radical (unpaired) electrons. The average molecular weight is 385 g/mol. The van der Waals surface area contributed by atoms with Crippen LogP contribution >= 0.6 is 23.1 Å². The van der Waals surface area contributed by atoms with Gasteiger partial charge in [-0.3, -0.25) is 4.79 Å². The van der Waals surface area contributed by atoms with Gasteiger partial charge in [0, 0.05) is 11.3 Å².